The Hall–Kier alpha value is -3.79. The number of carbonyl (C=O) groups is 1. The van der Waals surface area contributed by atoms with Crippen LogP contribution in [0.25, 0.3) is 16.8 Å². The van der Waals surface area contributed by atoms with Gasteiger partial charge in [0.25, 0.3) is 5.91 Å². The zero-order valence-electron chi connectivity index (χ0n) is 18.1. The van der Waals surface area contributed by atoms with Crippen molar-refractivity contribution in [3.63, 3.8) is 0 Å². The van der Waals surface area contributed by atoms with Gasteiger partial charge in [-0.25, -0.2) is 9.67 Å². The fourth-order valence-electron chi connectivity index (χ4n) is 3.43. The molecule has 0 aliphatic rings. The first kappa shape index (κ1) is 21.4. The van der Waals surface area contributed by atoms with Gasteiger partial charge in [-0.1, -0.05) is 12.1 Å². The Morgan fingerprint density at radius 2 is 2.03 bits per heavy atom. The molecule has 2 aromatic carbocycles. The van der Waals surface area contributed by atoms with Gasteiger partial charge in [0.15, 0.2) is 11.5 Å². The first-order valence-corrected chi connectivity index (χ1v) is 10.6. The van der Waals surface area contributed by atoms with Crippen molar-refractivity contribution in [3.05, 3.63) is 64.4 Å². The average Bonchev–Trinajstić information content (AvgIpc) is 3.49. The van der Waals surface area contributed by atoms with Crippen LogP contribution in [0.4, 0.5) is 0 Å². The van der Waals surface area contributed by atoms with E-state index in [1.54, 1.807) is 43.6 Å². The van der Waals surface area contributed by atoms with Gasteiger partial charge in [-0.15, -0.1) is 16.4 Å². The Morgan fingerprint density at radius 1 is 1.19 bits per heavy atom. The lowest BCUT2D eigenvalue weighted by molar-refractivity contribution is 0.0783. The predicted molar refractivity (Wildman–Crippen MR) is 120 cm³/mol. The highest BCUT2D eigenvalue weighted by atomic mass is 32.1. The summed E-state index contributed by atoms with van der Waals surface area (Å²) in [7, 11) is 4.93. The molecule has 0 bridgehead atoms. The average molecular weight is 451 g/mol. The molecule has 9 nitrogen and oxygen atoms in total. The number of hydrogen-bond acceptors (Lipinski definition) is 8. The quantitative estimate of drug-likeness (QED) is 0.426. The van der Waals surface area contributed by atoms with Crippen molar-refractivity contribution < 1.29 is 14.3 Å². The lowest BCUT2D eigenvalue weighted by Crippen LogP contribution is -2.26. The molecule has 32 heavy (non-hydrogen) atoms. The van der Waals surface area contributed by atoms with Gasteiger partial charge in [-0.3, -0.25) is 4.79 Å². The summed E-state index contributed by atoms with van der Waals surface area (Å²) in [6, 6.07) is 11.1. The first-order valence-electron chi connectivity index (χ1n) is 9.76. The van der Waals surface area contributed by atoms with Gasteiger partial charge in [0.1, 0.15) is 6.33 Å². The SMILES string of the molecule is COc1cccc(-c2cc(C(=O)N(C)Cc3csc(C)n3)cc(-n3cnnn3)c2)c1OC. The lowest BCUT2D eigenvalue weighted by atomic mass is 10.00. The summed E-state index contributed by atoms with van der Waals surface area (Å²) in [5.74, 6) is 1.03. The number of rotatable bonds is 7. The number of amides is 1. The van der Waals surface area contributed by atoms with Crippen LogP contribution in [0.1, 0.15) is 21.1 Å². The molecule has 0 saturated heterocycles. The number of benzene rings is 2. The second-order valence-electron chi connectivity index (χ2n) is 7.08. The Balaban J connectivity index is 1.78. The lowest BCUT2D eigenvalue weighted by Gasteiger charge is -2.18. The number of carbonyl (C=O) groups excluding carboxylic acids is 1. The van der Waals surface area contributed by atoms with Crippen molar-refractivity contribution in [1.29, 1.82) is 0 Å². The van der Waals surface area contributed by atoms with Crippen molar-refractivity contribution in [2.24, 2.45) is 0 Å². The van der Waals surface area contributed by atoms with E-state index in [2.05, 4.69) is 20.5 Å². The van der Waals surface area contributed by atoms with Crippen LogP contribution in [0.15, 0.2) is 48.1 Å². The highest BCUT2D eigenvalue weighted by Gasteiger charge is 2.19. The molecule has 0 spiro atoms. The maximum atomic E-state index is 13.3. The number of aryl methyl sites for hydroxylation is 1. The molecule has 0 aliphatic carbocycles. The maximum absolute atomic E-state index is 13.3. The molecule has 0 saturated carbocycles. The number of ether oxygens (including phenoxy) is 2. The molecular weight excluding hydrogens is 428 g/mol. The van der Waals surface area contributed by atoms with Crippen LogP contribution in [0.2, 0.25) is 0 Å². The molecule has 1 amide bonds. The van der Waals surface area contributed by atoms with E-state index in [9.17, 15) is 4.79 Å². The summed E-state index contributed by atoms with van der Waals surface area (Å²) in [4.78, 5) is 19.4. The summed E-state index contributed by atoms with van der Waals surface area (Å²) >= 11 is 1.56. The topological polar surface area (TPSA) is 95.3 Å². The third-order valence-corrected chi connectivity index (χ3v) is 5.73. The first-order chi connectivity index (χ1) is 15.5. The van der Waals surface area contributed by atoms with Gasteiger partial charge in [0.2, 0.25) is 0 Å². The van der Waals surface area contributed by atoms with E-state index in [0.717, 1.165) is 21.8 Å². The zero-order chi connectivity index (χ0) is 22.7. The monoisotopic (exact) mass is 450 g/mol. The molecule has 0 atom stereocenters. The summed E-state index contributed by atoms with van der Waals surface area (Å²) in [6.07, 6.45) is 1.48. The van der Waals surface area contributed by atoms with Gasteiger partial charge in [0, 0.05) is 23.6 Å². The van der Waals surface area contributed by atoms with Gasteiger partial charge >= 0.3 is 0 Å². The van der Waals surface area contributed by atoms with E-state index in [1.807, 2.05) is 42.6 Å². The Morgan fingerprint density at radius 3 is 2.69 bits per heavy atom. The number of para-hydroxylation sites is 1. The molecule has 2 heterocycles. The second kappa shape index (κ2) is 9.15. The fourth-order valence-corrected chi connectivity index (χ4v) is 4.04. The highest BCUT2D eigenvalue weighted by molar-refractivity contribution is 7.09. The molecule has 10 heteroatoms. The van der Waals surface area contributed by atoms with Gasteiger partial charge in [0.05, 0.1) is 37.2 Å². The number of tetrazole rings is 1. The normalized spacial score (nSPS) is 10.8. The van der Waals surface area contributed by atoms with Crippen molar-refractivity contribution in [1.82, 2.24) is 30.1 Å². The van der Waals surface area contributed by atoms with Gasteiger partial charge in [-0.2, -0.15) is 0 Å². The van der Waals surface area contributed by atoms with E-state index in [-0.39, 0.29) is 5.91 Å². The number of hydrogen-bond donors (Lipinski definition) is 0. The zero-order valence-corrected chi connectivity index (χ0v) is 19.0. The summed E-state index contributed by atoms with van der Waals surface area (Å²) in [5, 5.41) is 14.3. The number of methoxy groups -OCH3 is 2. The summed E-state index contributed by atoms with van der Waals surface area (Å²) < 4.78 is 12.6. The molecule has 4 rings (SSSR count). The Labute approximate surface area is 189 Å². The molecule has 0 N–H and O–H groups in total. The van der Waals surface area contributed by atoms with Gasteiger partial charge in [-0.05, 0) is 47.2 Å². The molecule has 0 radical (unpaired) electrons. The molecular formula is C22H22N6O3S. The van der Waals surface area contributed by atoms with Gasteiger partial charge < -0.3 is 14.4 Å². The third-order valence-electron chi connectivity index (χ3n) is 4.90. The number of thiazole rings is 1. The third kappa shape index (κ3) is 4.30. The minimum absolute atomic E-state index is 0.145. The fraction of sp³-hybridized carbons (Fsp3) is 0.227. The minimum atomic E-state index is -0.145. The standard InChI is InChI=1S/C22H22N6O3S/c1-14-24-17(12-32-14)11-27(2)22(29)16-8-15(9-18(10-16)28-13-23-25-26-28)19-6-5-7-20(30-3)21(19)31-4/h5-10,12-13H,11H2,1-4H3. The summed E-state index contributed by atoms with van der Waals surface area (Å²) in [5.41, 5.74) is 3.56. The van der Waals surface area contributed by atoms with Crippen molar-refractivity contribution in [2.75, 3.05) is 21.3 Å². The van der Waals surface area contributed by atoms with E-state index in [4.69, 9.17) is 9.47 Å². The smallest absolute Gasteiger partial charge is 0.254 e. The molecule has 2 aromatic heterocycles. The molecule has 0 unspecified atom stereocenters. The van der Waals surface area contributed by atoms with Crippen LogP contribution >= 0.6 is 11.3 Å². The minimum Gasteiger partial charge on any atom is -0.493 e. The molecule has 0 fully saturated rings. The van der Waals surface area contributed by atoms with Crippen LogP contribution in [-0.4, -0.2) is 57.3 Å². The van der Waals surface area contributed by atoms with E-state index < -0.39 is 0 Å². The highest BCUT2D eigenvalue weighted by Crippen LogP contribution is 2.38. The van der Waals surface area contributed by atoms with E-state index >= 15 is 0 Å². The molecule has 4 aromatic rings. The van der Waals surface area contributed by atoms with Crippen LogP contribution in [0.3, 0.4) is 0 Å². The Bertz CT molecular complexity index is 1240. The van der Waals surface area contributed by atoms with Crippen LogP contribution in [-0.2, 0) is 6.54 Å². The van der Waals surface area contributed by atoms with E-state index in [0.29, 0.717) is 29.3 Å². The molecule has 0 aliphatic heterocycles. The Kier molecular flexibility index (Phi) is 6.13. The molecule has 164 valence electrons. The van der Waals surface area contributed by atoms with E-state index in [1.165, 1.54) is 11.0 Å². The van der Waals surface area contributed by atoms with Crippen LogP contribution in [0.5, 0.6) is 11.5 Å². The number of aromatic nitrogens is 5. The van der Waals surface area contributed by atoms with Crippen LogP contribution in [0, 0.1) is 6.92 Å². The van der Waals surface area contributed by atoms with Crippen molar-refractivity contribution in [3.8, 4) is 28.3 Å². The van der Waals surface area contributed by atoms with Crippen molar-refractivity contribution in [2.45, 2.75) is 13.5 Å². The van der Waals surface area contributed by atoms with Crippen molar-refractivity contribution >= 4 is 17.2 Å². The predicted octanol–water partition coefficient (Wildman–Crippen LogP) is 3.38. The number of nitrogens with zero attached hydrogens (tertiary/aromatic N) is 6. The second-order valence-corrected chi connectivity index (χ2v) is 8.15. The van der Waals surface area contributed by atoms with Crippen LogP contribution < -0.4 is 9.47 Å². The summed E-state index contributed by atoms with van der Waals surface area (Å²) in [6.45, 7) is 2.36. The maximum Gasteiger partial charge on any atom is 0.254 e. The largest absolute Gasteiger partial charge is 0.493 e.